The van der Waals surface area contributed by atoms with E-state index in [4.69, 9.17) is 0 Å². The van der Waals surface area contributed by atoms with E-state index in [-0.39, 0.29) is 17.5 Å². The maximum Gasteiger partial charge on any atom is 0.228 e. The van der Waals surface area contributed by atoms with Crippen molar-refractivity contribution in [1.82, 2.24) is 0 Å². The van der Waals surface area contributed by atoms with Crippen LogP contribution in [-0.2, 0) is 6.42 Å². The molecule has 1 unspecified atom stereocenters. The van der Waals surface area contributed by atoms with Gasteiger partial charge in [0.15, 0.2) is 0 Å². The van der Waals surface area contributed by atoms with Crippen molar-refractivity contribution in [1.29, 1.82) is 0 Å². The minimum absolute atomic E-state index is 0.0641. The van der Waals surface area contributed by atoms with E-state index in [1.54, 1.807) is 0 Å². The van der Waals surface area contributed by atoms with Crippen LogP contribution < -0.4 is 4.90 Å². The fraction of sp³-hybridized carbons (Fsp3) is 0.294. The molecule has 3 rings (SSSR count). The van der Waals surface area contributed by atoms with Crippen molar-refractivity contribution in [3.63, 3.8) is 0 Å². The third-order valence-corrected chi connectivity index (χ3v) is 4.16. The molecule has 0 aliphatic carbocycles. The first-order valence-electron chi connectivity index (χ1n) is 7.18. The van der Waals surface area contributed by atoms with Gasteiger partial charge in [0.05, 0.1) is 0 Å². The maximum absolute atomic E-state index is 11.1. The van der Waals surface area contributed by atoms with Crippen molar-refractivity contribution >= 4 is 5.69 Å². The second kappa shape index (κ2) is 5.56. The van der Waals surface area contributed by atoms with Crippen LogP contribution >= 0.6 is 0 Å². The van der Waals surface area contributed by atoms with E-state index in [2.05, 4.69) is 30.0 Å². The molecule has 0 fully saturated rings. The van der Waals surface area contributed by atoms with Crippen LogP contribution in [0.15, 0.2) is 48.5 Å². The molecule has 2 aromatic rings. The number of anilines is 1. The summed E-state index contributed by atoms with van der Waals surface area (Å²) >= 11 is 0. The molecule has 2 aromatic carbocycles. The SMILES string of the molecule is Cc1ccccc1N1CCc2ccccc2C1C[N+](=O)[O-]. The summed E-state index contributed by atoms with van der Waals surface area (Å²) in [5.74, 6) is 0. The molecule has 21 heavy (non-hydrogen) atoms. The van der Waals surface area contributed by atoms with Crippen molar-refractivity contribution in [3.8, 4) is 0 Å². The summed E-state index contributed by atoms with van der Waals surface area (Å²) in [6, 6.07) is 16.0. The van der Waals surface area contributed by atoms with Gasteiger partial charge in [-0.05, 0) is 36.1 Å². The summed E-state index contributed by atoms with van der Waals surface area (Å²) in [6.07, 6.45) is 0.929. The summed E-state index contributed by atoms with van der Waals surface area (Å²) in [6.45, 7) is 2.81. The predicted octanol–water partition coefficient (Wildman–Crippen LogP) is 3.38. The fourth-order valence-corrected chi connectivity index (χ4v) is 3.16. The van der Waals surface area contributed by atoms with Crippen molar-refractivity contribution in [2.24, 2.45) is 0 Å². The molecule has 1 aliphatic heterocycles. The van der Waals surface area contributed by atoms with Crippen LogP contribution in [0.3, 0.4) is 0 Å². The van der Waals surface area contributed by atoms with E-state index in [0.29, 0.717) is 0 Å². The molecule has 0 radical (unpaired) electrons. The van der Waals surface area contributed by atoms with Crippen LogP contribution in [-0.4, -0.2) is 18.0 Å². The van der Waals surface area contributed by atoms with Crippen LogP contribution in [0.4, 0.5) is 5.69 Å². The lowest BCUT2D eigenvalue weighted by molar-refractivity contribution is -0.483. The third kappa shape index (κ3) is 2.61. The Bertz CT molecular complexity index is 669. The molecular weight excluding hydrogens is 264 g/mol. The first kappa shape index (κ1) is 13.6. The van der Waals surface area contributed by atoms with Crippen molar-refractivity contribution in [3.05, 3.63) is 75.3 Å². The van der Waals surface area contributed by atoms with Gasteiger partial charge in [-0.3, -0.25) is 10.1 Å². The average Bonchev–Trinajstić information content (AvgIpc) is 2.48. The molecule has 1 aliphatic rings. The Balaban J connectivity index is 2.05. The zero-order valence-electron chi connectivity index (χ0n) is 12.0. The van der Waals surface area contributed by atoms with Gasteiger partial charge in [0.1, 0.15) is 6.04 Å². The molecule has 4 heteroatoms. The highest BCUT2D eigenvalue weighted by Gasteiger charge is 2.31. The molecule has 0 saturated heterocycles. The van der Waals surface area contributed by atoms with Crippen LogP contribution in [0, 0.1) is 17.0 Å². The van der Waals surface area contributed by atoms with Gasteiger partial charge in [0.2, 0.25) is 6.54 Å². The highest BCUT2D eigenvalue weighted by Crippen LogP contribution is 2.35. The van der Waals surface area contributed by atoms with Gasteiger partial charge in [0.25, 0.3) is 0 Å². The summed E-state index contributed by atoms with van der Waals surface area (Å²) in [5, 5.41) is 11.1. The van der Waals surface area contributed by atoms with Gasteiger partial charge in [-0.2, -0.15) is 0 Å². The summed E-state index contributed by atoms with van der Waals surface area (Å²) in [7, 11) is 0. The lowest BCUT2D eigenvalue weighted by atomic mass is 9.91. The molecule has 0 N–H and O–H groups in total. The standard InChI is InChI=1S/C17H18N2O2/c1-13-6-2-5-9-16(13)18-11-10-14-7-3-4-8-15(14)17(18)12-19(20)21/h2-9,17H,10-12H2,1H3. The molecule has 0 aromatic heterocycles. The lowest BCUT2D eigenvalue weighted by Gasteiger charge is -2.37. The fourth-order valence-electron chi connectivity index (χ4n) is 3.16. The Labute approximate surface area is 124 Å². The molecular formula is C17H18N2O2. The highest BCUT2D eigenvalue weighted by molar-refractivity contribution is 5.57. The Hall–Kier alpha value is -2.36. The van der Waals surface area contributed by atoms with Gasteiger partial charge in [-0.25, -0.2) is 0 Å². The molecule has 1 heterocycles. The zero-order valence-corrected chi connectivity index (χ0v) is 12.0. The molecule has 108 valence electrons. The van der Waals surface area contributed by atoms with Gasteiger partial charge in [-0.1, -0.05) is 42.5 Å². The van der Waals surface area contributed by atoms with Gasteiger partial charge in [-0.15, -0.1) is 0 Å². The molecule has 0 amide bonds. The quantitative estimate of drug-likeness (QED) is 0.640. The molecule has 4 nitrogen and oxygen atoms in total. The second-order valence-corrected chi connectivity index (χ2v) is 5.46. The number of para-hydroxylation sites is 1. The number of hydrogen-bond acceptors (Lipinski definition) is 3. The number of rotatable bonds is 3. The monoisotopic (exact) mass is 282 g/mol. The van der Waals surface area contributed by atoms with E-state index >= 15 is 0 Å². The first-order chi connectivity index (χ1) is 10.2. The van der Waals surface area contributed by atoms with Crippen molar-refractivity contribution in [2.75, 3.05) is 18.0 Å². The number of aryl methyl sites for hydroxylation is 1. The van der Waals surface area contributed by atoms with Gasteiger partial charge < -0.3 is 4.90 Å². The number of benzene rings is 2. The number of nitro groups is 1. The Morgan fingerprint density at radius 1 is 1.19 bits per heavy atom. The third-order valence-electron chi connectivity index (χ3n) is 4.16. The van der Waals surface area contributed by atoms with Crippen molar-refractivity contribution in [2.45, 2.75) is 19.4 Å². The van der Waals surface area contributed by atoms with E-state index in [9.17, 15) is 10.1 Å². The van der Waals surface area contributed by atoms with Gasteiger partial charge in [0, 0.05) is 17.2 Å². The van der Waals surface area contributed by atoms with E-state index in [0.717, 1.165) is 29.8 Å². The highest BCUT2D eigenvalue weighted by atomic mass is 16.6. The Kier molecular flexibility index (Phi) is 3.60. The van der Waals surface area contributed by atoms with Gasteiger partial charge >= 0.3 is 0 Å². The largest absolute Gasteiger partial charge is 0.358 e. The summed E-state index contributed by atoms with van der Waals surface area (Å²) in [4.78, 5) is 13.1. The molecule has 0 saturated carbocycles. The topological polar surface area (TPSA) is 46.4 Å². The predicted molar refractivity (Wildman–Crippen MR) is 83.3 cm³/mol. The smallest absolute Gasteiger partial charge is 0.228 e. The summed E-state index contributed by atoms with van der Waals surface area (Å²) in [5.41, 5.74) is 4.57. The first-order valence-corrected chi connectivity index (χ1v) is 7.18. The lowest BCUT2D eigenvalue weighted by Crippen LogP contribution is -2.39. The number of fused-ring (bicyclic) bond motifs is 1. The molecule has 1 atom stereocenters. The minimum Gasteiger partial charge on any atom is -0.358 e. The molecule has 0 bridgehead atoms. The Morgan fingerprint density at radius 2 is 1.90 bits per heavy atom. The maximum atomic E-state index is 11.1. The van der Waals surface area contributed by atoms with Crippen LogP contribution in [0.5, 0.6) is 0 Å². The van der Waals surface area contributed by atoms with E-state index in [1.165, 1.54) is 5.56 Å². The molecule has 0 spiro atoms. The van der Waals surface area contributed by atoms with Crippen LogP contribution in [0.2, 0.25) is 0 Å². The van der Waals surface area contributed by atoms with Crippen molar-refractivity contribution < 1.29 is 4.92 Å². The average molecular weight is 282 g/mol. The summed E-state index contributed by atoms with van der Waals surface area (Å²) < 4.78 is 0. The van der Waals surface area contributed by atoms with E-state index < -0.39 is 0 Å². The number of hydrogen-bond donors (Lipinski definition) is 0. The van der Waals surface area contributed by atoms with Crippen LogP contribution in [0.25, 0.3) is 0 Å². The Morgan fingerprint density at radius 3 is 2.67 bits per heavy atom. The van der Waals surface area contributed by atoms with Crippen LogP contribution in [0.1, 0.15) is 22.7 Å². The second-order valence-electron chi connectivity index (χ2n) is 5.46. The zero-order chi connectivity index (χ0) is 14.8. The van der Waals surface area contributed by atoms with E-state index in [1.807, 2.05) is 30.3 Å². The minimum atomic E-state index is -0.210. The normalized spacial score (nSPS) is 17.4. The number of nitrogens with zero attached hydrogens (tertiary/aromatic N) is 2.